The van der Waals surface area contributed by atoms with Gasteiger partial charge in [0.2, 0.25) is 0 Å². The number of likely N-dealkylation sites (tertiary alicyclic amines) is 1. The highest BCUT2D eigenvalue weighted by atomic mass is 16.5. The molecule has 0 atom stereocenters. The molecule has 0 amide bonds. The molecule has 0 aromatic heterocycles. The molecular formula is C23H40N4O. The van der Waals surface area contributed by atoms with Crippen molar-refractivity contribution in [3.63, 3.8) is 0 Å². The van der Waals surface area contributed by atoms with E-state index >= 15 is 0 Å². The average Bonchev–Trinajstić information content (AvgIpc) is 2.72. The predicted molar refractivity (Wildman–Crippen MR) is 119 cm³/mol. The summed E-state index contributed by atoms with van der Waals surface area (Å²) in [6, 6.07) is 11.1. The number of hydrogen-bond donors (Lipinski definition) is 2. The molecule has 2 rings (SSSR count). The Morgan fingerprint density at radius 2 is 1.89 bits per heavy atom. The second-order valence-corrected chi connectivity index (χ2v) is 7.58. The summed E-state index contributed by atoms with van der Waals surface area (Å²) in [5.41, 5.74) is 1.34. The molecule has 1 fully saturated rings. The third kappa shape index (κ3) is 9.56. The van der Waals surface area contributed by atoms with Gasteiger partial charge in [-0.05, 0) is 57.6 Å². The zero-order valence-corrected chi connectivity index (χ0v) is 18.0. The number of unbranched alkanes of at least 4 members (excludes halogenated alkanes) is 1. The van der Waals surface area contributed by atoms with E-state index in [1.165, 1.54) is 44.5 Å². The molecule has 28 heavy (non-hydrogen) atoms. The number of rotatable bonds is 12. The summed E-state index contributed by atoms with van der Waals surface area (Å²) in [4.78, 5) is 7.32. The molecule has 0 spiro atoms. The van der Waals surface area contributed by atoms with Crippen LogP contribution in [0, 0.1) is 0 Å². The van der Waals surface area contributed by atoms with Crippen molar-refractivity contribution in [1.29, 1.82) is 0 Å². The summed E-state index contributed by atoms with van der Waals surface area (Å²) in [6.07, 6.45) is 6.78. The molecule has 1 heterocycles. The van der Waals surface area contributed by atoms with E-state index in [0.717, 1.165) is 51.5 Å². The van der Waals surface area contributed by atoms with Crippen molar-refractivity contribution in [3.05, 3.63) is 35.9 Å². The summed E-state index contributed by atoms with van der Waals surface area (Å²) >= 11 is 0. The van der Waals surface area contributed by atoms with Gasteiger partial charge in [-0.3, -0.25) is 4.99 Å². The molecule has 1 aromatic carbocycles. The Balaban J connectivity index is 1.55. The largest absolute Gasteiger partial charge is 0.381 e. The summed E-state index contributed by atoms with van der Waals surface area (Å²) in [7, 11) is 0. The molecule has 5 heteroatoms. The smallest absolute Gasteiger partial charge is 0.191 e. The van der Waals surface area contributed by atoms with E-state index in [0.29, 0.717) is 6.04 Å². The standard InChI is InChI=1S/C23H40N4O/c1-3-16-27-17-12-22(13-18-27)26-23(24-4-2)25-15-8-9-19-28-20-14-21-10-6-5-7-11-21/h5-7,10-11,22H,3-4,8-9,12-20H2,1-2H3,(H2,24,25,26). The van der Waals surface area contributed by atoms with Gasteiger partial charge in [0.05, 0.1) is 6.61 Å². The van der Waals surface area contributed by atoms with Gasteiger partial charge in [-0.2, -0.15) is 0 Å². The fraction of sp³-hybridized carbons (Fsp3) is 0.696. The summed E-state index contributed by atoms with van der Waals surface area (Å²) in [6.45, 7) is 11.4. The maximum Gasteiger partial charge on any atom is 0.191 e. The molecule has 2 N–H and O–H groups in total. The highest BCUT2D eigenvalue weighted by Crippen LogP contribution is 2.10. The van der Waals surface area contributed by atoms with E-state index in [2.05, 4.69) is 59.7 Å². The van der Waals surface area contributed by atoms with Crippen molar-refractivity contribution in [3.8, 4) is 0 Å². The van der Waals surface area contributed by atoms with E-state index in [9.17, 15) is 0 Å². The van der Waals surface area contributed by atoms with E-state index in [4.69, 9.17) is 9.73 Å². The topological polar surface area (TPSA) is 48.9 Å². The highest BCUT2D eigenvalue weighted by molar-refractivity contribution is 5.80. The Hall–Kier alpha value is -1.59. The van der Waals surface area contributed by atoms with Crippen LogP contribution in [0.5, 0.6) is 0 Å². The molecule has 0 radical (unpaired) electrons. The summed E-state index contributed by atoms with van der Waals surface area (Å²) < 4.78 is 5.76. The molecule has 1 saturated heterocycles. The van der Waals surface area contributed by atoms with Crippen LogP contribution in [-0.2, 0) is 11.2 Å². The van der Waals surface area contributed by atoms with Gasteiger partial charge in [0, 0.05) is 38.8 Å². The number of aliphatic imine (C=N–C) groups is 1. The van der Waals surface area contributed by atoms with Crippen molar-refractivity contribution in [2.24, 2.45) is 4.99 Å². The molecular weight excluding hydrogens is 348 g/mol. The Labute approximate surface area is 171 Å². The van der Waals surface area contributed by atoms with Crippen molar-refractivity contribution < 1.29 is 4.74 Å². The number of nitrogens with zero attached hydrogens (tertiary/aromatic N) is 2. The minimum absolute atomic E-state index is 0.548. The van der Waals surface area contributed by atoms with Gasteiger partial charge in [-0.15, -0.1) is 0 Å². The Morgan fingerprint density at radius 1 is 1.11 bits per heavy atom. The van der Waals surface area contributed by atoms with Crippen molar-refractivity contribution in [2.75, 3.05) is 45.9 Å². The van der Waals surface area contributed by atoms with Crippen LogP contribution in [0.1, 0.15) is 51.5 Å². The van der Waals surface area contributed by atoms with Gasteiger partial charge in [-0.25, -0.2) is 0 Å². The van der Waals surface area contributed by atoms with Gasteiger partial charge in [-0.1, -0.05) is 37.3 Å². The van der Waals surface area contributed by atoms with Crippen LogP contribution in [0.4, 0.5) is 0 Å². The molecule has 0 bridgehead atoms. The van der Waals surface area contributed by atoms with Gasteiger partial charge >= 0.3 is 0 Å². The second-order valence-electron chi connectivity index (χ2n) is 7.58. The van der Waals surface area contributed by atoms with Gasteiger partial charge in [0.15, 0.2) is 5.96 Å². The second kappa shape index (κ2) is 14.4. The fourth-order valence-corrected chi connectivity index (χ4v) is 3.57. The maximum absolute atomic E-state index is 5.76. The number of ether oxygens (including phenoxy) is 1. The van der Waals surface area contributed by atoms with E-state index < -0.39 is 0 Å². The van der Waals surface area contributed by atoms with Crippen LogP contribution in [0.2, 0.25) is 0 Å². The zero-order chi connectivity index (χ0) is 19.9. The Kier molecular flexibility index (Phi) is 11.7. The molecule has 1 aromatic rings. The molecule has 5 nitrogen and oxygen atoms in total. The quantitative estimate of drug-likeness (QED) is 0.327. The molecule has 1 aliphatic heterocycles. The monoisotopic (exact) mass is 388 g/mol. The van der Waals surface area contributed by atoms with E-state index in [1.807, 2.05) is 0 Å². The van der Waals surface area contributed by atoms with Crippen molar-refractivity contribution >= 4 is 5.96 Å². The summed E-state index contributed by atoms with van der Waals surface area (Å²) in [5, 5.41) is 7.02. The lowest BCUT2D eigenvalue weighted by molar-refractivity contribution is 0.134. The van der Waals surface area contributed by atoms with Crippen LogP contribution in [0.15, 0.2) is 35.3 Å². The number of nitrogens with one attached hydrogen (secondary N) is 2. The zero-order valence-electron chi connectivity index (χ0n) is 18.0. The van der Waals surface area contributed by atoms with Gasteiger partial charge in [0.25, 0.3) is 0 Å². The van der Waals surface area contributed by atoms with Crippen LogP contribution in [-0.4, -0.2) is 62.8 Å². The lowest BCUT2D eigenvalue weighted by Gasteiger charge is -2.32. The minimum Gasteiger partial charge on any atom is -0.381 e. The fourth-order valence-electron chi connectivity index (χ4n) is 3.57. The number of guanidine groups is 1. The first-order valence-electron chi connectivity index (χ1n) is 11.2. The van der Waals surface area contributed by atoms with Gasteiger partial charge in [0.1, 0.15) is 0 Å². The lowest BCUT2D eigenvalue weighted by atomic mass is 10.1. The third-order valence-corrected chi connectivity index (χ3v) is 5.16. The number of benzene rings is 1. The average molecular weight is 389 g/mol. The Morgan fingerprint density at radius 3 is 2.61 bits per heavy atom. The van der Waals surface area contributed by atoms with E-state index in [1.54, 1.807) is 0 Å². The highest BCUT2D eigenvalue weighted by Gasteiger charge is 2.19. The maximum atomic E-state index is 5.76. The third-order valence-electron chi connectivity index (χ3n) is 5.16. The van der Waals surface area contributed by atoms with Crippen LogP contribution in [0.25, 0.3) is 0 Å². The normalized spacial score (nSPS) is 16.3. The minimum atomic E-state index is 0.548. The number of piperidine rings is 1. The molecule has 1 aliphatic rings. The molecule has 0 aliphatic carbocycles. The van der Waals surface area contributed by atoms with Crippen molar-refractivity contribution in [2.45, 2.75) is 58.4 Å². The summed E-state index contributed by atoms with van der Waals surface area (Å²) in [5.74, 6) is 0.974. The van der Waals surface area contributed by atoms with Crippen molar-refractivity contribution in [1.82, 2.24) is 15.5 Å². The number of hydrogen-bond acceptors (Lipinski definition) is 3. The van der Waals surface area contributed by atoms with E-state index in [-0.39, 0.29) is 0 Å². The molecule has 158 valence electrons. The first-order chi connectivity index (χ1) is 13.8. The molecule has 0 unspecified atom stereocenters. The van der Waals surface area contributed by atoms with Crippen LogP contribution >= 0.6 is 0 Å². The molecule has 0 saturated carbocycles. The van der Waals surface area contributed by atoms with Gasteiger partial charge < -0.3 is 20.3 Å². The first kappa shape index (κ1) is 22.7. The lowest BCUT2D eigenvalue weighted by Crippen LogP contribution is -2.48. The first-order valence-corrected chi connectivity index (χ1v) is 11.2. The predicted octanol–water partition coefficient (Wildman–Crippen LogP) is 3.46. The SMILES string of the molecule is CCCN1CCC(NC(=NCCCCOCCc2ccccc2)NCC)CC1. The van der Waals surface area contributed by atoms with Crippen LogP contribution in [0.3, 0.4) is 0 Å². The Bertz CT molecular complexity index is 527. The van der Waals surface area contributed by atoms with Crippen LogP contribution < -0.4 is 10.6 Å².